The summed E-state index contributed by atoms with van der Waals surface area (Å²) in [6.45, 7) is 1.52. The minimum absolute atomic E-state index is 0.00175. The topological polar surface area (TPSA) is 103 Å². The number of hydrogen-bond donors (Lipinski definition) is 0. The van der Waals surface area contributed by atoms with Gasteiger partial charge in [-0.15, -0.1) is 0 Å². The Morgan fingerprint density at radius 1 is 1.03 bits per heavy atom. The summed E-state index contributed by atoms with van der Waals surface area (Å²) in [4.78, 5) is 47.9. The van der Waals surface area contributed by atoms with Gasteiger partial charge in [0.05, 0.1) is 30.2 Å². The van der Waals surface area contributed by atoms with Crippen LogP contribution in [0.25, 0.3) is 0 Å². The van der Waals surface area contributed by atoms with Gasteiger partial charge >= 0.3 is 12.3 Å². The molecule has 2 amide bonds. The highest BCUT2D eigenvalue weighted by molar-refractivity contribution is 6.34. The minimum atomic E-state index is -4.88. The number of carbonyl (C=O) groups excluding carboxylic acids is 2. The Morgan fingerprint density at radius 3 is 2.23 bits per heavy atom. The van der Waals surface area contributed by atoms with Crippen LogP contribution in [0.3, 0.4) is 0 Å². The van der Waals surface area contributed by atoms with Gasteiger partial charge in [-0.2, -0.15) is 23.0 Å². The van der Waals surface area contributed by atoms with Crippen LogP contribution >= 0.6 is 34.8 Å². The number of benzene rings is 2. The quantitative estimate of drug-likeness (QED) is 0.237. The summed E-state index contributed by atoms with van der Waals surface area (Å²) in [6, 6.07) is 7.62. The van der Waals surface area contributed by atoms with Crippen molar-refractivity contribution in [3.8, 4) is 0 Å². The van der Waals surface area contributed by atoms with Crippen LogP contribution in [0.2, 0.25) is 15.1 Å². The van der Waals surface area contributed by atoms with Crippen molar-refractivity contribution in [1.29, 1.82) is 0 Å². The molecule has 0 radical (unpaired) electrons. The van der Waals surface area contributed by atoms with E-state index in [2.05, 4.69) is 24.9 Å². The second-order valence-electron chi connectivity index (χ2n) is 8.18. The van der Waals surface area contributed by atoms with Gasteiger partial charge in [0.2, 0.25) is 5.95 Å². The minimum Gasteiger partial charge on any atom is -0.374 e. The summed E-state index contributed by atoms with van der Waals surface area (Å²) < 4.78 is 42.9. The number of hydrogen-bond acceptors (Lipinski definition) is 8. The lowest BCUT2D eigenvalue weighted by molar-refractivity contribution is -0.275. The highest BCUT2D eigenvalue weighted by atomic mass is 35.5. The normalized spacial score (nSPS) is 16.9. The van der Waals surface area contributed by atoms with Gasteiger partial charge in [0.15, 0.2) is 0 Å². The summed E-state index contributed by atoms with van der Waals surface area (Å²) in [5, 5.41) is 3.86. The van der Waals surface area contributed by atoms with E-state index in [1.165, 1.54) is 43.6 Å². The summed E-state index contributed by atoms with van der Waals surface area (Å²) >= 11 is 17.7. The Kier molecular flexibility index (Phi) is 8.03. The predicted octanol–water partition coefficient (Wildman–Crippen LogP) is 6.67. The van der Waals surface area contributed by atoms with Gasteiger partial charge in [0, 0.05) is 27.6 Å². The van der Waals surface area contributed by atoms with E-state index in [1.807, 2.05) is 0 Å². The number of amides is 2. The van der Waals surface area contributed by atoms with Gasteiger partial charge in [-0.25, -0.2) is 14.8 Å². The van der Waals surface area contributed by atoms with Gasteiger partial charge in [0.25, 0.3) is 11.5 Å². The van der Waals surface area contributed by atoms with E-state index in [0.29, 0.717) is 10.5 Å². The van der Waals surface area contributed by atoms with Crippen LogP contribution in [-0.4, -0.2) is 41.0 Å². The first kappa shape index (κ1) is 28.6. The Balaban J connectivity index is 1.66. The first-order valence-electron chi connectivity index (χ1n) is 10.8. The molecule has 0 saturated heterocycles. The number of oxime groups is 1. The Morgan fingerprint density at radius 2 is 1.67 bits per heavy atom. The van der Waals surface area contributed by atoms with Crippen LogP contribution in [0.1, 0.15) is 33.5 Å². The van der Waals surface area contributed by atoms with E-state index in [4.69, 9.17) is 39.6 Å². The predicted molar refractivity (Wildman–Crippen MR) is 135 cm³/mol. The molecule has 1 aliphatic heterocycles. The van der Waals surface area contributed by atoms with Crippen molar-refractivity contribution < 1.29 is 37.4 Å². The fourth-order valence-electron chi connectivity index (χ4n) is 3.83. The zero-order valence-electron chi connectivity index (χ0n) is 19.9. The maximum absolute atomic E-state index is 14.3. The Labute approximate surface area is 234 Å². The molecule has 15 heteroatoms. The van der Waals surface area contributed by atoms with Gasteiger partial charge in [-0.3, -0.25) is 9.68 Å². The van der Waals surface area contributed by atoms with Crippen molar-refractivity contribution in [1.82, 2.24) is 9.97 Å². The van der Waals surface area contributed by atoms with Crippen molar-refractivity contribution in [2.24, 2.45) is 5.16 Å². The monoisotopic (exact) mass is 602 g/mol. The molecule has 2 aromatic carbocycles. The molecule has 3 aromatic rings. The van der Waals surface area contributed by atoms with Crippen LogP contribution < -0.4 is 4.90 Å². The summed E-state index contributed by atoms with van der Waals surface area (Å²) in [5.41, 5.74) is -2.65. The van der Waals surface area contributed by atoms with Crippen LogP contribution in [-0.2, 0) is 20.2 Å². The number of aryl methyl sites for hydroxylation is 1. The number of nitrogens with zero attached hydrogens (tertiary/aromatic N) is 4. The van der Waals surface area contributed by atoms with E-state index in [0.717, 1.165) is 19.2 Å². The van der Waals surface area contributed by atoms with Gasteiger partial charge < -0.3 is 4.84 Å². The maximum Gasteiger partial charge on any atom is 0.455 e. The summed E-state index contributed by atoms with van der Waals surface area (Å²) in [7, 11) is 1.06. The molecule has 204 valence electrons. The SMILES string of the molecule is COOC(=O)N(C(=O)c1ccc(C2=NOC(c3cc(Cl)cc(Cl)c3)(C(F)(F)F)C2)cc1C)c1ncc(Cl)cn1. The molecule has 0 N–H and O–H groups in total. The molecule has 0 spiro atoms. The van der Waals surface area contributed by atoms with Crippen molar-refractivity contribution in [2.45, 2.75) is 25.1 Å². The number of rotatable bonds is 5. The number of alkyl halides is 3. The van der Waals surface area contributed by atoms with Crippen LogP contribution in [0, 0.1) is 6.92 Å². The largest absolute Gasteiger partial charge is 0.455 e. The molecule has 39 heavy (non-hydrogen) atoms. The Bertz CT molecular complexity index is 1450. The molecule has 4 rings (SSSR count). The zero-order valence-corrected chi connectivity index (χ0v) is 22.2. The van der Waals surface area contributed by atoms with E-state index >= 15 is 0 Å². The smallest absolute Gasteiger partial charge is 0.374 e. The highest BCUT2D eigenvalue weighted by Gasteiger charge is 2.62. The van der Waals surface area contributed by atoms with Crippen molar-refractivity contribution in [2.75, 3.05) is 12.0 Å². The van der Waals surface area contributed by atoms with Crippen molar-refractivity contribution in [3.05, 3.63) is 86.1 Å². The second-order valence-corrected chi connectivity index (χ2v) is 9.49. The molecule has 1 atom stereocenters. The molecule has 1 unspecified atom stereocenters. The highest BCUT2D eigenvalue weighted by Crippen LogP contribution is 2.49. The lowest BCUT2D eigenvalue weighted by atomic mass is 9.86. The second kappa shape index (κ2) is 11.0. The third-order valence-electron chi connectivity index (χ3n) is 5.65. The van der Waals surface area contributed by atoms with Gasteiger partial charge in [-0.1, -0.05) is 46.0 Å². The lowest BCUT2D eigenvalue weighted by Gasteiger charge is -2.29. The number of carbonyl (C=O) groups is 2. The lowest BCUT2D eigenvalue weighted by Crippen LogP contribution is -2.42. The molecular weight excluding hydrogens is 588 g/mol. The van der Waals surface area contributed by atoms with Crippen LogP contribution in [0.4, 0.5) is 23.9 Å². The number of imide groups is 1. The fraction of sp³-hybridized carbons (Fsp3) is 0.208. The third-order valence-corrected chi connectivity index (χ3v) is 6.28. The molecule has 0 saturated carbocycles. The Hall–Kier alpha value is -3.45. The van der Waals surface area contributed by atoms with Gasteiger partial charge in [0.1, 0.15) is 0 Å². The van der Waals surface area contributed by atoms with Crippen LogP contribution in [0.5, 0.6) is 0 Å². The van der Waals surface area contributed by atoms with E-state index in [-0.39, 0.29) is 43.4 Å². The molecule has 1 aromatic heterocycles. The fourth-order valence-corrected chi connectivity index (χ4v) is 4.46. The summed E-state index contributed by atoms with van der Waals surface area (Å²) in [5.74, 6) is -1.25. The standard InChI is InChI=1S/C24H16Cl3F3N4O5/c1-12-5-13(19-9-23(39-33-19,24(28,29)30)14-6-15(25)8-16(26)7-14)3-4-18(12)20(35)34(22(36)38-37-2)21-31-10-17(27)11-32-21/h3-8,10-11H,9H2,1-2H3. The average Bonchev–Trinajstić information content (AvgIpc) is 3.32. The number of aromatic nitrogens is 2. The van der Waals surface area contributed by atoms with Crippen LogP contribution in [0.15, 0.2) is 53.9 Å². The molecule has 1 aliphatic rings. The number of anilines is 1. The first-order valence-corrected chi connectivity index (χ1v) is 12.0. The van der Waals surface area contributed by atoms with Crippen molar-refractivity contribution >= 4 is 58.5 Å². The molecule has 2 heterocycles. The van der Waals surface area contributed by atoms with E-state index in [9.17, 15) is 22.8 Å². The van der Waals surface area contributed by atoms with Crippen molar-refractivity contribution in [3.63, 3.8) is 0 Å². The van der Waals surface area contributed by atoms with Gasteiger partial charge in [-0.05, 0) is 48.4 Å². The first-order chi connectivity index (χ1) is 18.4. The average molecular weight is 604 g/mol. The maximum atomic E-state index is 14.3. The third kappa shape index (κ3) is 5.64. The molecule has 0 fully saturated rings. The summed E-state index contributed by atoms with van der Waals surface area (Å²) in [6.07, 6.45) is -4.48. The molecule has 9 nitrogen and oxygen atoms in total. The molecular formula is C24H16Cl3F3N4O5. The molecule has 0 aliphatic carbocycles. The molecule has 0 bridgehead atoms. The van der Waals surface area contributed by atoms with E-state index in [1.54, 1.807) is 0 Å². The number of halogens is 6. The zero-order chi connectivity index (χ0) is 28.5. The van der Waals surface area contributed by atoms with E-state index < -0.39 is 30.2 Å².